The number of likely N-dealkylation sites (N-methyl/N-ethyl adjacent to an activating group) is 1. The molecule has 2 rings (SSSR count). The molecule has 0 unspecified atom stereocenters. The lowest BCUT2D eigenvalue weighted by molar-refractivity contribution is 0.249. The molecule has 1 aromatic heterocycles. The van der Waals surface area contributed by atoms with Gasteiger partial charge in [0.2, 0.25) is 0 Å². The van der Waals surface area contributed by atoms with Crippen LogP contribution in [0.1, 0.15) is 13.3 Å². The molecule has 0 bridgehead atoms. The number of ether oxygens (including phenoxy) is 1. The van der Waals surface area contributed by atoms with Gasteiger partial charge in [0.25, 0.3) is 0 Å². The van der Waals surface area contributed by atoms with Crippen molar-refractivity contribution in [3.05, 3.63) is 22.9 Å². The number of pyridine rings is 1. The van der Waals surface area contributed by atoms with Gasteiger partial charge in [0.1, 0.15) is 12.4 Å². The molecule has 98 valence electrons. The highest BCUT2D eigenvalue weighted by atomic mass is 79.9. The van der Waals surface area contributed by atoms with Gasteiger partial charge in [-0.3, -0.25) is 4.98 Å². The smallest absolute Gasteiger partial charge is 0.138 e. The topological polar surface area (TPSA) is 34.1 Å². The van der Waals surface area contributed by atoms with Crippen LogP contribution in [0.3, 0.4) is 0 Å². The van der Waals surface area contributed by atoms with Gasteiger partial charge in [-0.05, 0) is 41.4 Å². The van der Waals surface area contributed by atoms with E-state index in [9.17, 15) is 0 Å². The second-order valence-corrected chi connectivity index (χ2v) is 5.05. The summed E-state index contributed by atoms with van der Waals surface area (Å²) in [5.74, 6) is 1.51. The van der Waals surface area contributed by atoms with Crippen LogP contribution in [0.4, 0.5) is 0 Å². The van der Waals surface area contributed by atoms with Gasteiger partial charge in [-0.15, -0.1) is 24.8 Å². The molecule has 1 saturated carbocycles. The SMILES string of the molecule is CN[C@]1(COc2cncc(Br)c2)C[C@@H]1C.Cl.Cl. The van der Waals surface area contributed by atoms with Crippen LogP contribution < -0.4 is 10.1 Å². The van der Waals surface area contributed by atoms with Crippen LogP contribution in [0.2, 0.25) is 0 Å². The van der Waals surface area contributed by atoms with Crippen molar-refractivity contribution >= 4 is 40.7 Å². The summed E-state index contributed by atoms with van der Waals surface area (Å²) in [4.78, 5) is 4.06. The Kier molecular flexibility index (Phi) is 6.77. The van der Waals surface area contributed by atoms with Crippen LogP contribution in [0.15, 0.2) is 22.9 Å². The summed E-state index contributed by atoms with van der Waals surface area (Å²) in [5, 5.41) is 3.33. The Bertz CT molecular complexity index is 363. The Morgan fingerprint density at radius 3 is 2.65 bits per heavy atom. The van der Waals surface area contributed by atoms with Gasteiger partial charge in [0.05, 0.1) is 11.7 Å². The summed E-state index contributed by atoms with van der Waals surface area (Å²) in [6, 6.07) is 1.93. The highest BCUT2D eigenvalue weighted by Crippen LogP contribution is 2.42. The van der Waals surface area contributed by atoms with Crippen LogP contribution >= 0.6 is 40.7 Å². The Morgan fingerprint density at radius 2 is 2.18 bits per heavy atom. The lowest BCUT2D eigenvalue weighted by atomic mass is 10.2. The minimum Gasteiger partial charge on any atom is -0.490 e. The van der Waals surface area contributed by atoms with Crippen LogP contribution in [0, 0.1) is 5.92 Å². The van der Waals surface area contributed by atoms with Gasteiger partial charge in [-0.1, -0.05) is 6.92 Å². The van der Waals surface area contributed by atoms with E-state index in [-0.39, 0.29) is 30.4 Å². The van der Waals surface area contributed by atoms with Gasteiger partial charge in [-0.25, -0.2) is 0 Å². The van der Waals surface area contributed by atoms with Crippen LogP contribution in [0.5, 0.6) is 5.75 Å². The van der Waals surface area contributed by atoms with E-state index in [4.69, 9.17) is 4.74 Å². The first kappa shape index (κ1) is 17.0. The molecule has 0 radical (unpaired) electrons. The van der Waals surface area contributed by atoms with Crippen molar-refractivity contribution in [2.24, 2.45) is 5.92 Å². The van der Waals surface area contributed by atoms with Crippen LogP contribution in [0.25, 0.3) is 0 Å². The van der Waals surface area contributed by atoms with E-state index in [2.05, 4.69) is 33.2 Å². The number of nitrogens with one attached hydrogen (secondary N) is 1. The van der Waals surface area contributed by atoms with E-state index in [1.165, 1.54) is 6.42 Å². The predicted octanol–water partition coefficient (Wildman–Crippen LogP) is 3.06. The maximum atomic E-state index is 5.72. The molecule has 0 amide bonds. The fourth-order valence-electron chi connectivity index (χ4n) is 1.79. The number of nitrogens with zero attached hydrogens (tertiary/aromatic N) is 1. The van der Waals surface area contributed by atoms with Crippen molar-refractivity contribution in [3.63, 3.8) is 0 Å². The van der Waals surface area contributed by atoms with Gasteiger partial charge in [0.15, 0.2) is 0 Å². The molecule has 0 aliphatic heterocycles. The predicted molar refractivity (Wildman–Crippen MR) is 77.5 cm³/mol. The van der Waals surface area contributed by atoms with E-state index >= 15 is 0 Å². The van der Waals surface area contributed by atoms with Crippen molar-refractivity contribution in [3.8, 4) is 5.75 Å². The summed E-state index contributed by atoms with van der Waals surface area (Å²) in [5.41, 5.74) is 0.183. The maximum absolute atomic E-state index is 5.72. The van der Waals surface area contributed by atoms with Gasteiger partial charge >= 0.3 is 0 Å². The van der Waals surface area contributed by atoms with E-state index < -0.39 is 0 Å². The zero-order valence-electron chi connectivity index (χ0n) is 9.77. The summed E-state index contributed by atoms with van der Waals surface area (Å²) >= 11 is 3.37. The van der Waals surface area contributed by atoms with Gasteiger partial charge in [0, 0.05) is 10.7 Å². The Hall–Kier alpha value is -0.0300. The van der Waals surface area contributed by atoms with Crippen LogP contribution in [-0.2, 0) is 0 Å². The largest absolute Gasteiger partial charge is 0.490 e. The lowest BCUT2D eigenvalue weighted by Crippen LogP contribution is -2.36. The number of aromatic nitrogens is 1. The summed E-state index contributed by atoms with van der Waals surface area (Å²) in [6.45, 7) is 2.95. The lowest BCUT2D eigenvalue weighted by Gasteiger charge is -2.16. The highest BCUT2D eigenvalue weighted by molar-refractivity contribution is 9.10. The van der Waals surface area contributed by atoms with E-state index in [0.717, 1.165) is 10.2 Å². The zero-order valence-corrected chi connectivity index (χ0v) is 13.0. The fourth-order valence-corrected chi connectivity index (χ4v) is 2.14. The second-order valence-electron chi connectivity index (χ2n) is 4.14. The molecule has 1 aromatic rings. The molecule has 1 aliphatic rings. The van der Waals surface area contributed by atoms with Crippen molar-refractivity contribution in [2.75, 3.05) is 13.7 Å². The zero-order chi connectivity index (χ0) is 10.9. The number of hydrogen-bond acceptors (Lipinski definition) is 3. The molecule has 0 aromatic carbocycles. The van der Waals surface area contributed by atoms with E-state index in [1.54, 1.807) is 12.4 Å². The summed E-state index contributed by atoms with van der Waals surface area (Å²) in [7, 11) is 1.99. The van der Waals surface area contributed by atoms with Gasteiger partial charge in [-0.2, -0.15) is 0 Å². The molecule has 1 fully saturated rings. The molecule has 17 heavy (non-hydrogen) atoms. The molecule has 2 atom stereocenters. The third kappa shape index (κ3) is 3.98. The third-order valence-corrected chi connectivity index (χ3v) is 3.56. The first-order valence-electron chi connectivity index (χ1n) is 5.08. The fraction of sp³-hybridized carbons (Fsp3) is 0.545. The van der Waals surface area contributed by atoms with Gasteiger partial charge < -0.3 is 10.1 Å². The second kappa shape index (κ2) is 6.78. The first-order valence-corrected chi connectivity index (χ1v) is 5.88. The van der Waals surface area contributed by atoms with E-state index in [0.29, 0.717) is 12.5 Å². The van der Waals surface area contributed by atoms with Crippen molar-refractivity contribution in [1.29, 1.82) is 0 Å². The minimum absolute atomic E-state index is 0. The summed E-state index contributed by atoms with van der Waals surface area (Å²) in [6.07, 6.45) is 4.67. The minimum atomic E-state index is 0. The molecular formula is C11H17BrCl2N2O. The number of rotatable bonds is 4. The summed E-state index contributed by atoms with van der Waals surface area (Å²) < 4.78 is 6.67. The van der Waals surface area contributed by atoms with Crippen molar-refractivity contribution in [1.82, 2.24) is 10.3 Å². The normalized spacial score (nSPS) is 25.5. The quantitative estimate of drug-likeness (QED) is 0.912. The standard InChI is InChI=1S/C11H15BrN2O.2ClH/c1-8-4-11(8,13-2)7-15-10-3-9(12)5-14-6-10;;/h3,5-6,8,13H,4,7H2,1-2H3;2*1H/t8-,11-;;/m0../s1. The molecule has 1 heterocycles. The van der Waals surface area contributed by atoms with E-state index in [1.807, 2.05) is 13.1 Å². The Balaban J connectivity index is 0.00000128. The monoisotopic (exact) mass is 342 g/mol. The molecule has 0 spiro atoms. The van der Waals surface area contributed by atoms with Crippen LogP contribution in [-0.4, -0.2) is 24.2 Å². The van der Waals surface area contributed by atoms with Crippen molar-refractivity contribution < 1.29 is 4.74 Å². The Labute approximate surface area is 123 Å². The molecule has 3 nitrogen and oxygen atoms in total. The molecule has 1 N–H and O–H groups in total. The first-order chi connectivity index (χ1) is 7.16. The number of halogens is 3. The molecule has 6 heteroatoms. The highest BCUT2D eigenvalue weighted by Gasteiger charge is 2.50. The third-order valence-electron chi connectivity index (χ3n) is 3.13. The Morgan fingerprint density at radius 1 is 1.53 bits per heavy atom. The van der Waals surface area contributed by atoms with Crippen molar-refractivity contribution in [2.45, 2.75) is 18.9 Å². The molecule has 1 aliphatic carbocycles. The molecule has 0 saturated heterocycles. The maximum Gasteiger partial charge on any atom is 0.138 e. The average Bonchev–Trinajstić information content (AvgIpc) is 2.88. The average molecular weight is 344 g/mol. The molecular weight excluding hydrogens is 327 g/mol. The number of hydrogen-bond donors (Lipinski definition) is 1.